The Morgan fingerprint density at radius 3 is 2.65 bits per heavy atom. The minimum absolute atomic E-state index is 0.0244. The van der Waals surface area contributed by atoms with E-state index in [1.165, 1.54) is 0 Å². The van der Waals surface area contributed by atoms with E-state index in [1.807, 2.05) is 41.0 Å². The van der Waals surface area contributed by atoms with Crippen LogP contribution in [0.3, 0.4) is 0 Å². The fraction of sp³-hybridized carbons (Fsp3) is 0.565. The summed E-state index contributed by atoms with van der Waals surface area (Å²) in [5.74, 6) is 0.0144. The molecule has 0 spiro atoms. The van der Waals surface area contributed by atoms with Crippen LogP contribution in [0.15, 0.2) is 24.4 Å². The lowest BCUT2D eigenvalue weighted by Crippen LogP contribution is -2.45. The molecule has 2 aliphatic rings. The van der Waals surface area contributed by atoms with E-state index in [0.717, 1.165) is 48.8 Å². The first-order valence-corrected chi connectivity index (χ1v) is 11.3. The first-order valence-electron chi connectivity index (χ1n) is 11.3. The zero-order valence-electron chi connectivity index (χ0n) is 18.2. The number of nitrogens with zero attached hydrogens (tertiary/aromatic N) is 4. The van der Waals surface area contributed by atoms with E-state index < -0.39 is 6.04 Å². The van der Waals surface area contributed by atoms with Gasteiger partial charge < -0.3 is 15.1 Å². The molecule has 1 aromatic carbocycles. The van der Waals surface area contributed by atoms with Crippen molar-refractivity contribution in [3.63, 3.8) is 0 Å². The van der Waals surface area contributed by atoms with Gasteiger partial charge in [0.15, 0.2) is 0 Å². The van der Waals surface area contributed by atoms with Gasteiger partial charge >= 0.3 is 0 Å². The first kappa shape index (κ1) is 21.3. The minimum Gasteiger partial charge on any atom is -0.350 e. The van der Waals surface area contributed by atoms with E-state index >= 15 is 0 Å². The Kier molecular flexibility index (Phi) is 6.53. The molecule has 1 atom stereocenters. The molecule has 2 fully saturated rings. The molecule has 166 valence electrons. The van der Waals surface area contributed by atoms with Crippen LogP contribution in [0.4, 0.5) is 0 Å². The highest BCUT2D eigenvalue weighted by Crippen LogP contribution is 2.20. The summed E-state index contributed by atoms with van der Waals surface area (Å²) in [7, 11) is 1.90. The molecule has 1 aromatic heterocycles. The number of likely N-dealkylation sites (tertiary alicyclic amines) is 2. The van der Waals surface area contributed by atoms with Gasteiger partial charge in [-0.3, -0.25) is 19.1 Å². The van der Waals surface area contributed by atoms with Gasteiger partial charge in [-0.25, -0.2) is 0 Å². The number of aromatic nitrogens is 2. The monoisotopic (exact) mass is 425 g/mol. The standard InChI is InChI=1S/C23H31N5O3/c1-26-19-10-9-17(14-18(19)16-25-26)15-24-23(31)20-6-5-13-28(20)22(30)8-4-7-21(29)27-11-2-3-12-27/h9-10,14,16,20H,2-8,11-13,15H2,1H3,(H,24,31)/t20-/m0/s1. The fourth-order valence-corrected chi connectivity index (χ4v) is 4.63. The van der Waals surface area contributed by atoms with Crippen molar-refractivity contribution < 1.29 is 14.4 Å². The first-order chi connectivity index (χ1) is 15.0. The Morgan fingerprint density at radius 1 is 1.06 bits per heavy atom. The van der Waals surface area contributed by atoms with Crippen molar-refractivity contribution in [2.45, 2.75) is 57.5 Å². The van der Waals surface area contributed by atoms with Crippen LogP contribution in [-0.2, 0) is 28.0 Å². The fourth-order valence-electron chi connectivity index (χ4n) is 4.63. The van der Waals surface area contributed by atoms with Crippen LogP contribution in [0.1, 0.15) is 50.5 Å². The van der Waals surface area contributed by atoms with Crippen molar-refractivity contribution in [3.8, 4) is 0 Å². The molecule has 31 heavy (non-hydrogen) atoms. The maximum absolute atomic E-state index is 12.8. The Hall–Kier alpha value is -2.90. The second-order valence-electron chi connectivity index (χ2n) is 8.57. The van der Waals surface area contributed by atoms with Crippen LogP contribution in [0, 0.1) is 0 Å². The van der Waals surface area contributed by atoms with Crippen molar-refractivity contribution in [1.82, 2.24) is 24.9 Å². The second-order valence-corrected chi connectivity index (χ2v) is 8.57. The van der Waals surface area contributed by atoms with Crippen molar-refractivity contribution in [2.75, 3.05) is 19.6 Å². The molecule has 0 bridgehead atoms. The third-order valence-electron chi connectivity index (χ3n) is 6.39. The highest BCUT2D eigenvalue weighted by atomic mass is 16.2. The van der Waals surface area contributed by atoms with Crippen LogP contribution in [0.2, 0.25) is 0 Å². The lowest BCUT2D eigenvalue weighted by molar-refractivity contribution is -0.138. The van der Waals surface area contributed by atoms with Gasteiger partial charge in [0.1, 0.15) is 6.04 Å². The topological polar surface area (TPSA) is 87.5 Å². The van der Waals surface area contributed by atoms with E-state index in [4.69, 9.17) is 0 Å². The zero-order chi connectivity index (χ0) is 21.8. The molecule has 3 heterocycles. The summed E-state index contributed by atoms with van der Waals surface area (Å²) in [6.45, 7) is 2.72. The summed E-state index contributed by atoms with van der Waals surface area (Å²) >= 11 is 0. The molecule has 8 nitrogen and oxygen atoms in total. The number of aryl methyl sites for hydroxylation is 1. The van der Waals surface area contributed by atoms with Crippen LogP contribution in [0.5, 0.6) is 0 Å². The van der Waals surface area contributed by atoms with Gasteiger partial charge in [0.05, 0.1) is 11.7 Å². The zero-order valence-corrected chi connectivity index (χ0v) is 18.2. The number of carbonyl (C=O) groups excluding carboxylic acids is 3. The van der Waals surface area contributed by atoms with Crippen molar-refractivity contribution in [3.05, 3.63) is 30.0 Å². The van der Waals surface area contributed by atoms with Crippen LogP contribution in [0.25, 0.3) is 10.9 Å². The van der Waals surface area contributed by atoms with E-state index in [1.54, 1.807) is 4.90 Å². The molecule has 0 radical (unpaired) electrons. The Labute approximate surface area is 182 Å². The molecule has 2 aromatic rings. The second kappa shape index (κ2) is 9.49. The summed E-state index contributed by atoms with van der Waals surface area (Å²) in [6, 6.07) is 5.60. The van der Waals surface area contributed by atoms with Crippen LogP contribution >= 0.6 is 0 Å². The number of hydrogen-bond acceptors (Lipinski definition) is 4. The number of amides is 3. The van der Waals surface area contributed by atoms with Gasteiger partial charge in [0, 0.05) is 51.5 Å². The normalized spacial score (nSPS) is 18.7. The maximum Gasteiger partial charge on any atom is 0.243 e. The van der Waals surface area contributed by atoms with Crippen molar-refractivity contribution >= 4 is 28.6 Å². The Balaban J connectivity index is 1.26. The lowest BCUT2D eigenvalue weighted by atomic mass is 10.1. The number of hydrogen-bond donors (Lipinski definition) is 1. The third-order valence-corrected chi connectivity index (χ3v) is 6.39. The summed E-state index contributed by atoms with van der Waals surface area (Å²) in [5, 5.41) is 8.27. The van der Waals surface area contributed by atoms with Gasteiger partial charge in [-0.05, 0) is 49.8 Å². The SMILES string of the molecule is Cn1ncc2cc(CNC(=O)[C@@H]3CCCN3C(=O)CCCC(=O)N3CCCC3)ccc21. The van der Waals surface area contributed by atoms with E-state index in [0.29, 0.717) is 38.8 Å². The predicted molar refractivity (Wildman–Crippen MR) is 117 cm³/mol. The summed E-state index contributed by atoms with van der Waals surface area (Å²) in [5.41, 5.74) is 2.05. The van der Waals surface area contributed by atoms with Crippen molar-refractivity contribution in [2.24, 2.45) is 7.05 Å². The number of carbonyl (C=O) groups is 3. The number of benzene rings is 1. The number of rotatable bonds is 7. The van der Waals surface area contributed by atoms with Gasteiger partial charge in [0.25, 0.3) is 0 Å². The van der Waals surface area contributed by atoms with Gasteiger partial charge in [-0.1, -0.05) is 6.07 Å². The molecule has 8 heteroatoms. The highest BCUT2D eigenvalue weighted by Gasteiger charge is 2.33. The van der Waals surface area contributed by atoms with Crippen LogP contribution in [-0.4, -0.2) is 63.0 Å². The number of nitrogens with one attached hydrogen (secondary N) is 1. The molecule has 0 saturated carbocycles. The third kappa shape index (κ3) is 4.89. The molecular formula is C23H31N5O3. The van der Waals surface area contributed by atoms with Crippen molar-refractivity contribution in [1.29, 1.82) is 0 Å². The average Bonchev–Trinajstić information content (AvgIpc) is 3.53. The van der Waals surface area contributed by atoms with Gasteiger partial charge in [0.2, 0.25) is 17.7 Å². The van der Waals surface area contributed by atoms with Crippen LogP contribution < -0.4 is 5.32 Å². The highest BCUT2D eigenvalue weighted by molar-refractivity contribution is 5.88. The van der Waals surface area contributed by atoms with E-state index in [9.17, 15) is 14.4 Å². The van der Waals surface area contributed by atoms with Gasteiger partial charge in [-0.15, -0.1) is 0 Å². The smallest absolute Gasteiger partial charge is 0.243 e. The molecule has 3 amide bonds. The quantitative estimate of drug-likeness (QED) is 0.735. The molecule has 0 unspecified atom stereocenters. The molecule has 0 aliphatic carbocycles. The maximum atomic E-state index is 12.8. The molecule has 2 aliphatic heterocycles. The summed E-state index contributed by atoms with van der Waals surface area (Å²) in [6.07, 6.45) is 6.76. The predicted octanol–water partition coefficient (Wildman–Crippen LogP) is 1.97. The minimum atomic E-state index is -0.413. The van der Waals surface area contributed by atoms with E-state index in [-0.39, 0.29) is 17.7 Å². The molecule has 4 rings (SSSR count). The van der Waals surface area contributed by atoms with Gasteiger partial charge in [-0.2, -0.15) is 5.10 Å². The summed E-state index contributed by atoms with van der Waals surface area (Å²) in [4.78, 5) is 41.2. The van der Waals surface area contributed by atoms with E-state index in [2.05, 4.69) is 10.4 Å². The summed E-state index contributed by atoms with van der Waals surface area (Å²) < 4.78 is 1.82. The number of fused-ring (bicyclic) bond motifs is 1. The molecule has 1 N–H and O–H groups in total. The lowest BCUT2D eigenvalue weighted by Gasteiger charge is -2.24. The average molecular weight is 426 g/mol. The molecule has 2 saturated heterocycles. The Bertz CT molecular complexity index is 963. The molecular weight excluding hydrogens is 394 g/mol. The largest absolute Gasteiger partial charge is 0.350 e. The Morgan fingerprint density at radius 2 is 1.84 bits per heavy atom.